The Balaban J connectivity index is 1.79. The molecule has 26 heavy (non-hydrogen) atoms. The molecule has 0 radical (unpaired) electrons. The number of fused-ring (bicyclic) bond motifs is 1. The predicted molar refractivity (Wildman–Crippen MR) is 109 cm³/mol. The quantitative estimate of drug-likeness (QED) is 0.317. The van der Waals surface area contributed by atoms with Crippen molar-refractivity contribution < 1.29 is 4.74 Å². The van der Waals surface area contributed by atoms with Crippen LogP contribution < -0.4 is 10.3 Å². The average molecular weight is 389 g/mol. The van der Waals surface area contributed by atoms with Gasteiger partial charge in [0, 0.05) is 16.8 Å². The minimum absolute atomic E-state index is 0.0169. The summed E-state index contributed by atoms with van der Waals surface area (Å²) in [5, 5.41) is 2.04. The second-order valence-corrected chi connectivity index (χ2v) is 7.50. The maximum Gasteiger partial charge on any atom is 0.262 e. The summed E-state index contributed by atoms with van der Waals surface area (Å²) in [5.74, 6) is 1.43. The van der Waals surface area contributed by atoms with E-state index in [-0.39, 0.29) is 11.6 Å². The number of thioether (sulfide) groups is 1. The highest BCUT2D eigenvalue weighted by molar-refractivity contribution is 7.99. The number of nitrogens with zero attached hydrogens (tertiary/aromatic N) is 2. The van der Waals surface area contributed by atoms with Gasteiger partial charge < -0.3 is 4.74 Å². The molecule has 3 rings (SSSR count). The summed E-state index contributed by atoms with van der Waals surface area (Å²) in [6.45, 7) is 4.63. The fourth-order valence-electron chi connectivity index (χ4n) is 2.65. The zero-order valence-corrected chi connectivity index (χ0v) is 16.4. The number of ether oxygens (including phenoxy) is 1. The van der Waals surface area contributed by atoms with Crippen molar-refractivity contribution in [3.63, 3.8) is 0 Å². The Morgan fingerprint density at radius 2 is 2.04 bits per heavy atom. The fourth-order valence-corrected chi connectivity index (χ4v) is 3.74. The molecule has 3 aromatic rings. The van der Waals surface area contributed by atoms with E-state index < -0.39 is 0 Å². The van der Waals surface area contributed by atoms with Crippen LogP contribution in [0, 0.1) is 0 Å². The van der Waals surface area contributed by atoms with Gasteiger partial charge in [0.15, 0.2) is 5.16 Å². The molecule has 1 atom stereocenters. The van der Waals surface area contributed by atoms with Crippen LogP contribution in [0.25, 0.3) is 10.9 Å². The molecule has 1 heterocycles. The summed E-state index contributed by atoms with van der Waals surface area (Å²) >= 11 is 7.50. The lowest BCUT2D eigenvalue weighted by Crippen LogP contribution is -2.26. The number of hydrogen-bond acceptors (Lipinski definition) is 4. The Morgan fingerprint density at radius 1 is 1.23 bits per heavy atom. The Bertz CT molecular complexity index is 958. The number of aromatic nitrogens is 2. The standard InChI is InChI=1S/C20H21ClN2O2S/c1-3-14(2)23-19(24)17-9-4-5-10-18(17)22-20(23)26-12-11-25-16-8-6-7-15(21)13-16/h4-10,13-14H,3,11-12H2,1-2H3. The van der Waals surface area contributed by atoms with Crippen LogP contribution in [0.2, 0.25) is 5.02 Å². The summed E-state index contributed by atoms with van der Waals surface area (Å²) in [4.78, 5) is 17.6. The largest absolute Gasteiger partial charge is 0.493 e. The zero-order valence-electron chi connectivity index (χ0n) is 14.8. The van der Waals surface area contributed by atoms with Crippen molar-refractivity contribution in [3.8, 4) is 5.75 Å². The number of rotatable bonds is 7. The van der Waals surface area contributed by atoms with Crippen molar-refractivity contribution in [1.29, 1.82) is 0 Å². The van der Waals surface area contributed by atoms with Crippen LogP contribution in [0.15, 0.2) is 58.5 Å². The Hall–Kier alpha value is -1.98. The third-order valence-electron chi connectivity index (χ3n) is 4.19. The predicted octanol–water partition coefficient (Wildman–Crippen LogP) is 5.19. The molecule has 0 fully saturated rings. The van der Waals surface area contributed by atoms with Gasteiger partial charge in [-0.15, -0.1) is 0 Å². The molecule has 136 valence electrons. The highest BCUT2D eigenvalue weighted by Gasteiger charge is 2.15. The maximum absolute atomic E-state index is 12.9. The lowest BCUT2D eigenvalue weighted by Gasteiger charge is -2.18. The Labute approximate surface area is 162 Å². The molecule has 0 saturated heterocycles. The second-order valence-electron chi connectivity index (χ2n) is 6.00. The first kappa shape index (κ1) is 18.8. The first-order valence-corrected chi connectivity index (χ1v) is 9.99. The van der Waals surface area contributed by atoms with Crippen LogP contribution in [0.4, 0.5) is 0 Å². The van der Waals surface area contributed by atoms with E-state index in [9.17, 15) is 4.79 Å². The van der Waals surface area contributed by atoms with Crippen molar-refractivity contribution in [1.82, 2.24) is 9.55 Å². The van der Waals surface area contributed by atoms with E-state index in [1.165, 1.54) is 11.8 Å². The summed E-state index contributed by atoms with van der Waals surface area (Å²) in [7, 11) is 0. The Morgan fingerprint density at radius 3 is 2.81 bits per heavy atom. The highest BCUT2D eigenvalue weighted by atomic mass is 35.5. The van der Waals surface area contributed by atoms with Crippen LogP contribution in [0.3, 0.4) is 0 Å². The van der Waals surface area contributed by atoms with Gasteiger partial charge in [-0.05, 0) is 43.7 Å². The average Bonchev–Trinajstić information content (AvgIpc) is 2.65. The van der Waals surface area contributed by atoms with Crippen molar-refractivity contribution in [2.24, 2.45) is 0 Å². The summed E-state index contributed by atoms with van der Waals surface area (Å²) < 4.78 is 7.53. The lowest BCUT2D eigenvalue weighted by atomic mass is 10.2. The Kier molecular flexibility index (Phi) is 6.22. The third-order valence-corrected chi connectivity index (χ3v) is 5.34. The third kappa shape index (κ3) is 4.22. The topological polar surface area (TPSA) is 44.1 Å². The van der Waals surface area contributed by atoms with E-state index in [2.05, 4.69) is 6.92 Å². The molecule has 0 bridgehead atoms. The smallest absolute Gasteiger partial charge is 0.262 e. The zero-order chi connectivity index (χ0) is 18.5. The van der Waals surface area contributed by atoms with Gasteiger partial charge in [-0.1, -0.05) is 48.5 Å². The molecular weight excluding hydrogens is 368 g/mol. The lowest BCUT2D eigenvalue weighted by molar-refractivity contribution is 0.343. The highest BCUT2D eigenvalue weighted by Crippen LogP contribution is 2.23. The number of para-hydroxylation sites is 1. The van der Waals surface area contributed by atoms with Crippen LogP contribution in [-0.2, 0) is 0 Å². The van der Waals surface area contributed by atoms with Crippen LogP contribution in [0.1, 0.15) is 26.3 Å². The molecule has 0 aliphatic heterocycles. The number of benzene rings is 2. The van der Waals surface area contributed by atoms with E-state index in [0.717, 1.165) is 22.8 Å². The molecule has 0 N–H and O–H groups in total. The minimum Gasteiger partial charge on any atom is -0.493 e. The van der Waals surface area contributed by atoms with Gasteiger partial charge in [-0.25, -0.2) is 4.98 Å². The van der Waals surface area contributed by atoms with Crippen LogP contribution in [0.5, 0.6) is 5.75 Å². The molecule has 0 spiro atoms. The van der Waals surface area contributed by atoms with Gasteiger partial charge in [0.05, 0.1) is 17.5 Å². The molecule has 4 nitrogen and oxygen atoms in total. The van der Waals surface area contributed by atoms with Gasteiger partial charge in [0.1, 0.15) is 5.75 Å². The van der Waals surface area contributed by atoms with Gasteiger partial charge in [0.2, 0.25) is 0 Å². The summed E-state index contributed by atoms with van der Waals surface area (Å²) in [6.07, 6.45) is 0.868. The molecule has 1 unspecified atom stereocenters. The first-order valence-electron chi connectivity index (χ1n) is 8.62. The molecule has 6 heteroatoms. The normalized spacial score (nSPS) is 12.3. The molecular formula is C20H21ClN2O2S. The van der Waals surface area contributed by atoms with Crippen molar-refractivity contribution in [2.75, 3.05) is 12.4 Å². The number of hydrogen-bond donors (Lipinski definition) is 0. The van der Waals surface area contributed by atoms with Gasteiger partial charge in [0.25, 0.3) is 5.56 Å². The minimum atomic E-state index is 0.0169. The van der Waals surface area contributed by atoms with E-state index in [1.807, 2.05) is 49.4 Å². The molecule has 0 aliphatic carbocycles. The van der Waals surface area contributed by atoms with Gasteiger partial charge >= 0.3 is 0 Å². The van der Waals surface area contributed by atoms with Crippen molar-refractivity contribution >= 4 is 34.3 Å². The SMILES string of the molecule is CCC(C)n1c(SCCOc2cccc(Cl)c2)nc2ccccc2c1=O. The second kappa shape index (κ2) is 8.60. The first-order chi connectivity index (χ1) is 12.6. The summed E-state index contributed by atoms with van der Waals surface area (Å²) in [5.41, 5.74) is 0.749. The molecule has 0 saturated carbocycles. The van der Waals surface area contributed by atoms with Crippen LogP contribution >= 0.6 is 23.4 Å². The van der Waals surface area contributed by atoms with E-state index in [0.29, 0.717) is 22.8 Å². The van der Waals surface area contributed by atoms with E-state index in [1.54, 1.807) is 10.6 Å². The maximum atomic E-state index is 12.9. The van der Waals surface area contributed by atoms with E-state index in [4.69, 9.17) is 21.3 Å². The number of halogens is 1. The molecule has 1 aromatic heterocycles. The van der Waals surface area contributed by atoms with Crippen molar-refractivity contribution in [3.05, 3.63) is 63.9 Å². The van der Waals surface area contributed by atoms with Gasteiger partial charge in [-0.3, -0.25) is 9.36 Å². The fraction of sp³-hybridized carbons (Fsp3) is 0.300. The van der Waals surface area contributed by atoms with E-state index >= 15 is 0 Å². The molecule has 0 amide bonds. The van der Waals surface area contributed by atoms with Crippen molar-refractivity contribution in [2.45, 2.75) is 31.5 Å². The molecule has 0 aliphatic rings. The summed E-state index contributed by atoms with van der Waals surface area (Å²) in [6, 6.07) is 14.9. The van der Waals surface area contributed by atoms with Crippen LogP contribution in [-0.4, -0.2) is 21.9 Å². The molecule has 2 aromatic carbocycles. The monoisotopic (exact) mass is 388 g/mol. The van der Waals surface area contributed by atoms with Gasteiger partial charge in [-0.2, -0.15) is 0 Å².